The Balaban J connectivity index is 1.64. The van der Waals surface area contributed by atoms with Crippen LogP contribution in [0.15, 0.2) is 41.1 Å². The SMILES string of the molecule is O=C(NCCCOc1ccc(Br)cc1Cl)Nc1ncccn1. The summed E-state index contributed by atoms with van der Waals surface area (Å²) < 4.78 is 6.44. The van der Waals surface area contributed by atoms with Gasteiger partial charge in [-0.1, -0.05) is 27.5 Å². The lowest BCUT2D eigenvalue weighted by Gasteiger charge is -2.09. The van der Waals surface area contributed by atoms with E-state index in [0.717, 1.165) is 4.47 Å². The van der Waals surface area contributed by atoms with Gasteiger partial charge in [0.1, 0.15) is 5.75 Å². The number of nitrogens with zero attached hydrogens (tertiary/aromatic N) is 2. The molecule has 2 amide bonds. The lowest BCUT2D eigenvalue weighted by Crippen LogP contribution is -2.30. The average Bonchev–Trinajstić information content (AvgIpc) is 2.50. The molecule has 0 aliphatic heterocycles. The number of carbonyl (C=O) groups excluding carboxylic acids is 1. The van der Waals surface area contributed by atoms with Gasteiger partial charge in [-0.2, -0.15) is 0 Å². The summed E-state index contributed by atoms with van der Waals surface area (Å²) in [6.07, 6.45) is 3.76. The van der Waals surface area contributed by atoms with E-state index in [1.54, 1.807) is 30.6 Å². The molecule has 1 aromatic carbocycles. The Labute approximate surface area is 141 Å². The number of hydrogen-bond acceptors (Lipinski definition) is 4. The number of nitrogens with one attached hydrogen (secondary N) is 2. The normalized spacial score (nSPS) is 10.1. The highest BCUT2D eigenvalue weighted by Gasteiger charge is 2.04. The molecule has 2 rings (SSSR count). The molecule has 0 radical (unpaired) electrons. The van der Waals surface area contributed by atoms with Gasteiger partial charge in [0.05, 0.1) is 11.6 Å². The second-order valence-corrected chi connectivity index (χ2v) is 5.55. The molecule has 0 atom stereocenters. The maximum atomic E-state index is 11.6. The molecule has 6 nitrogen and oxygen atoms in total. The third-order valence-electron chi connectivity index (χ3n) is 2.55. The first kappa shape index (κ1) is 16.5. The number of anilines is 1. The van der Waals surface area contributed by atoms with Gasteiger partial charge in [-0.15, -0.1) is 0 Å². The summed E-state index contributed by atoms with van der Waals surface area (Å²) in [5.74, 6) is 0.880. The minimum atomic E-state index is -0.354. The fourth-order valence-corrected chi connectivity index (χ4v) is 2.29. The van der Waals surface area contributed by atoms with Crippen LogP contribution in [0.2, 0.25) is 5.02 Å². The van der Waals surface area contributed by atoms with Crippen molar-refractivity contribution in [2.45, 2.75) is 6.42 Å². The summed E-state index contributed by atoms with van der Waals surface area (Å²) in [7, 11) is 0. The van der Waals surface area contributed by atoms with E-state index in [2.05, 4.69) is 36.5 Å². The van der Waals surface area contributed by atoms with Gasteiger partial charge in [-0.3, -0.25) is 5.32 Å². The molecule has 0 saturated heterocycles. The van der Waals surface area contributed by atoms with Crippen LogP contribution in [0.3, 0.4) is 0 Å². The molecule has 2 aromatic rings. The van der Waals surface area contributed by atoms with Crippen LogP contribution in [0.25, 0.3) is 0 Å². The number of halogens is 2. The smallest absolute Gasteiger partial charge is 0.321 e. The predicted molar refractivity (Wildman–Crippen MR) is 88.3 cm³/mol. The number of aromatic nitrogens is 2. The molecule has 22 heavy (non-hydrogen) atoms. The summed E-state index contributed by atoms with van der Waals surface area (Å²) >= 11 is 9.36. The molecule has 0 bridgehead atoms. The van der Waals surface area contributed by atoms with E-state index in [4.69, 9.17) is 16.3 Å². The fourth-order valence-electron chi connectivity index (χ4n) is 1.56. The molecule has 0 spiro atoms. The van der Waals surface area contributed by atoms with Gasteiger partial charge < -0.3 is 10.1 Å². The third kappa shape index (κ3) is 5.50. The van der Waals surface area contributed by atoms with Crippen LogP contribution < -0.4 is 15.4 Å². The van der Waals surface area contributed by atoms with Crippen molar-refractivity contribution < 1.29 is 9.53 Å². The first-order valence-electron chi connectivity index (χ1n) is 6.55. The summed E-state index contributed by atoms with van der Waals surface area (Å²) in [6, 6.07) is 6.73. The van der Waals surface area contributed by atoms with E-state index in [1.165, 1.54) is 0 Å². The monoisotopic (exact) mass is 384 g/mol. The molecule has 2 N–H and O–H groups in total. The minimum Gasteiger partial charge on any atom is -0.492 e. The highest BCUT2D eigenvalue weighted by atomic mass is 79.9. The lowest BCUT2D eigenvalue weighted by molar-refractivity contribution is 0.250. The highest BCUT2D eigenvalue weighted by Crippen LogP contribution is 2.27. The Morgan fingerprint density at radius 2 is 2.09 bits per heavy atom. The van der Waals surface area contributed by atoms with Crippen LogP contribution in [-0.4, -0.2) is 29.2 Å². The number of amides is 2. The summed E-state index contributed by atoms with van der Waals surface area (Å²) in [5, 5.41) is 5.76. The van der Waals surface area contributed by atoms with Crippen molar-refractivity contribution in [1.82, 2.24) is 15.3 Å². The Morgan fingerprint density at radius 1 is 1.32 bits per heavy atom. The van der Waals surface area contributed by atoms with E-state index >= 15 is 0 Å². The average molecular weight is 386 g/mol. The van der Waals surface area contributed by atoms with E-state index in [0.29, 0.717) is 30.3 Å². The Bertz CT molecular complexity index is 627. The molecule has 1 aromatic heterocycles. The number of hydrogen-bond donors (Lipinski definition) is 2. The molecule has 0 aliphatic rings. The molecule has 8 heteroatoms. The van der Waals surface area contributed by atoms with Crippen molar-refractivity contribution in [1.29, 1.82) is 0 Å². The van der Waals surface area contributed by atoms with Crippen molar-refractivity contribution in [3.63, 3.8) is 0 Å². The van der Waals surface area contributed by atoms with Crippen molar-refractivity contribution >= 4 is 39.5 Å². The number of benzene rings is 1. The molecular formula is C14H14BrClN4O2. The number of rotatable bonds is 6. The van der Waals surface area contributed by atoms with Crippen molar-refractivity contribution in [2.75, 3.05) is 18.5 Å². The summed E-state index contributed by atoms with van der Waals surface area (Å²) in [5.41, 5.74) is 0. The Kier molecular flexibility index (Phi) is 6.42. The van der Waals surface area contributed by atoms with Crippen molar-refractivity contribution in [3.8, 4) is 5.75 Å². The van der Waals surface area contributed by atoms with Crippen LogP contribution in [-0.2, 0) is 0 Å². The zero-order chi connectivity index (χ0) is 15.8. The topological polar surface area (TPSA) is 76.1 Å². The van der Waals surface area contributed by atoms with Crippen LogP contribution in [0, 0.1) is 0 Å². The van der Waals surface area contributed by atoms with E-state index < -0.39 is 0 Å². The Hall–Kier alpha value is -1.86. The Morgan fingerprint density at radius 3 is 2.82 bits per heavy atom. The number of ether oxygens (including phenoxy) is 1. The number of carbonyl (C=O) groups is 1. The molecule has 0 saturated carbocycles. The van der Waals surface area contributed by atoms with Crippen LogP contribution in [0.4, 0.5) is 10.7 Å². The summed E-state index contributed by atoms with van der Waals surface area (Å²) in [4.78, 5) is 19.4. The van der Waals surface area contributed by atoms with Gasteiger partial charge in [0.2, 0.25) is 5.95 Å². The summed E-state index contributed by atoms with van der Waals surface area (Å²) in [6.45, 7) is 0.913. The van der Waals surface area contributed by atoms with Gasteiger partial charge in [-0.25, -0.2) is 14.8 Å². The van der Waals surface area contributed by atoms with Gasteiger partial charge >= 0.3 is 6.03 Å². The second-order valence-electron chi connectivity index (χ2n) is 4.23. The fraction of sp³-hybridized carbons (Fsp3) is 0.214. The molecule has 0 fully saturated rings. The lowest BCUT2D eigenvalue weighted by atomic mass is 10.3. The molecule has 0 unspecified atom stereocenters. The predicted octanol–water partition coefficient (Wildman–Crippen LogP) is 3.48. The van der Waals surface area contributed by atoms with Crippen LogP contribution in [0.1, 0.15) is 6.42 Å². The molecule has 116 valence electrons. The molecule has 0 aliphatic carbocycles. The van der Waals surface area contributed by atoms with Crippen LogP contribution in [0.5, 0.6) is 5.75 Å². The van der Waals surface area contributed by atoms with Crippen LogP contribution >= 0.6 is 27.5 Å². The zero-order valence-electron chi connectivity index (χ0n) is 11.6. The maximum absolute atomic E-state index is 11.6. The first-order valence-corrected chi connectivity index (χ1v) is 7.72. The van der Waals surface area contributed by atoms with E-state index in [9.17, 15) is 4.79 Å². The van der Waals surface area contributed by atoms with Crippen molar-refractivity contribution in [2.24, 2.45) is 0 Å². The first-order chi connectivity index (χ1) is 10.6. The zero-order valence-corrected chi connectivity index (χ0v) is 13.9. The van der Waals surface area contributed by atoms with Gasteiger partial charge in [0.25, 0.3) is 0 Å². The van der Waals surface area contributed by atoms with Gasteiger partial charge in [-0.05, 0) is 30.7 Å². The van der Waals surface area contributed by atoms with Crippen molar-refractivity contribution in [3.05, 3.63) is 46.2 Å². The molecular weight excluding hydrogens is 372 g/mol. The quantitative estimate of drug-likeness (QED) is 0.746. The van der Waals surface area contributed by atoms with E-state index in [-0.39, 0.29) is 12.0 Å². The minimum absolute atomic E-state index is 0.262. The maximum Gasteiger partial charge on any atom is 0.321 e. The van der Waals surface area contributed by atoms with Gasteiger partial charge in [0.15, 0.2) is 0 Å². The van der Waals surface area contributed by atoms with Gasteiger partial charge in [0, 0.05) is 23.4 Å². The number of urea groups is 1. The third-order valence-corrected chi connectivity index (χ3v) is 3.34. The molecule has 1 heterocycles. The standard InChI is InChI=1S/C14H14BrClN4O2/c15-10-3-4-12(11(16)9-10)22-8-2-7-19-14(21)20-13-17-5-1-6-18-13/h1,3-6,9H,2,7-8H2,(H2,17,18,19,20,21). The second kappa shape index (κ2) is 8.55. The largest absolute Gasteiger partial charge is 0.492 e. The highest BCUT2D eigenvalue weighted by molar-refractivity contribution is 9.10. The van der Waals surface area contributed by atoms with E-state index in [1.807, 2.05) is 6.07 Å².